The molecular weight excluding hydrogens is 330 g/mol. The van der Waals surface area contributed by atoms with Crippen molar-refractivity contribution in [2.45, 2.75) is 38.6 Å². The maximum atomic E-state index is 12.2. The Bertz CT molecular complexity index is 916. The monoisotopic (exact) mass is 347 g/mol. The zero-order valence-electron chi connectivity index (χ0n) is 13.1. The highest BCUT2D eigenvalue weighted by molar-refractivity contribution is 7.11. The van der Waals surface area contributed by atoms with Crippen LogP contribution in [0.3, 0.4) is 0 Å². The number of H-pyrrole nitrogens is 1. The second-order valence-corrected chi connectivity index (χ2v) is 6.77. The fourth-order valence-electron chi connectivity index (χ4n) is 2.90. The lowest BCUT2D eigenvalue weighted by atomic mass is 10.1. The Morgan fingerprint density at radius 3 is 2.79 bits per heavy atom. The lowest BCUT2D eigenvalue weighted by molar-refractivity contribution is 0.104. The van der Waals surface area contributed by atoms with E-state index in [2.05, 4.69) is 5.10 Å². The van der Waals surface area contributed by atoms with E-state index in [0.717, 1.165) is 24.1 Å². The van der Waals surface area contributed by atoms with Crippen LogP contribution >= 0.6 is 11.3 Å². The van der Waals surface area contributed by atoms with Gasteiger partial charge in [0.2, 0.25) is 0 Å². The standard InChI is InChI=1S/C16H17N3O4S/c1-9-10(8-19(18-9)11-4-2-3-5-11)6-7-12(20)13-14(21)17-16(23)24-15(13)22/h6-8,11,22H,2-5H2,1H3,(H,17,21,23). The molecule has 7 nitrogen and oxygen atoms in total. The summed E-state index contributed by atoms with van der Waals surface area (Å²) < 4.78 is 1.94. The molecule has 126 valence electrons. The minimum Gasteiger partial charge on any atom is -0.499 e. The molecule has 24 heavy (non-hydrogen) atoms. The maximum Gasteiger partial charge on any atom is 0.310 e. The summed E-state index contributed by atoms with van der Waals surface area (Å²) in [6.45, 7) is 1.86. The summed E-state index contributed by atoms with van der Waals surface area (Å²) in [4.78, 5) is 36.2. The molecule has 2 aromatic heterocycles. The molecule has 0 bridgehead atoms. The van der Waals surface area contributed by atoms with E-state index in [-0.39, 0.29) is 0 Å². The van der Waals surface area contributed by atoms with Gasteiger partial charge >= 0.3 is 4.87 Å². The van der Waals surface area contributed by atoms with Crippen LogP contribution in [0.2, 0.25) is 0 Å². The summed E-state index contributed by atoms with van der Waals surface area (Å²) in [6, 6.07) is 0.403. The molecule has 0 saturated heterocycles. The molecule has 0 aliphatic heterocycles. The van der Waals surface area contributed by atoms with Crippen LogP contribution in [-0.2, 0) is 0 Å². The first kappa shape index (κ1) is 16.4. The number of ketones is 1. The fourth-order valence-corrected chi connectivity index (χ4v) is 3.51. The third kappa shape index (κ3) is 3.23. The average Bonchev–Trinajstić information content (AvgIpc) is 3.13. The van der Waals surface area contributed by atoms with Gasteiger partial charge in [0.15, 0.2) is 10.8 Å². The molecule has 0 unspecified atom stereocenters. The highest BCUT2D eigenvalue weighted by Crippen LogP contribution is 2.29. The number of aromatic amines is 1. The van der Waals surface area contributed by atoms with Gasteiger partial charge in [-0.2, -0.15) is 5.10 Å². The van der Waals surface area contributed by atoms with Gasteiger partial charge < -0.3 is 5.11 Å². The van der Waals surface area contributed by atoms with E-state index in [1.807, 2.05) is 22.8 Å². The van der Waals surface area contributed by atoms with Gasteiger partial charge in [-0.3, -0.25) is 24.0 Å². The number of allylic oxidation sites excluding steroid dienone is 1. The minimum atomic E-state index is -0.885. The van der Waals surface area contributed by atoms with Crippen LogP contribution in [-0.4, -0.2) is 25.7 Å². The summed E-state index contributed by atoms with van der Waals surface area (Å²) in [5.41, 5.74) is 0.276. The van der Waals surface area contributed by atoms with Crippen molar-refractivity contribution in [3.05, 3.63) is 49.1 Å². The molecule has 0 amide bonds. The predicted molar refractivity (Wildman–Crippen MR) is 90.7 cm³/mol. The third-order valence-corrected chi connectivity index (χ3v) is 4.84. The van der Waals surface area contributed by atoms with Crippen LogP contribution < -0.4 is 10.4 Å². The van der Waals surface area contributed by atoms with E-state index in [4.69, 9.17) is 0 Å². The van der Waals surface area contributed by atoms with Gasteiger partial charge in [0, 0.05) is 11.8 Å². The molecule has 8 heteroatoms. The normalized spacial score (nSPS) is 15.4. The average molecular weight is 347 g/mol. The van der Waals surface area contributed by atoms with Gasteiger partial charge in [-0.25, -0.2) is 0 Å². The van der Waals surface area contributed by atoms with Crippen molar-refractivity contribution >= 4 is 23.2 Å². The Morgan fingerprint density at radius 2 is 2.12 bits per heavy atom. The predicted octanol–water partition coefficient (Wildman–Crippen LogP) is 2.02. The van der Waals surface area contributed by atoms with E-state index in [0.29, 0.717) is 17.4 Å². The van der Waals surface area contributed by atoms with Crippen LogP contribution in [0.15, 0.2) is 21.9 Å². The van der Waals surface area contributed by atoms with E-state index in [1.54, 1.807) is 6.08 Å². The highest BCUT2D eigenvalue weighted by atomic mass is 32.1. The summed E-state index contributed by atoms with van der Waals surface area (Å²) in [5, 5.41) is 13.6. The van der Waals surface area contributed by atoms with Gasteiger partial charge in [-0.1, -0.05) is 12.8 Å². The molecule has 1 saturated carbocycles. The Hall–Kier alpha value is -2.48. The van der Waals surface area contributed by atoms with Crippen LogP contribution in [0.1, 0.15) is 53.3 Å². The second-order valence-electron chi connectivity index (χ2n) is 5.81. The van der Waals surface area contributed by atoms with E-state index >= 15 is 0 Å². The van der Waals surface area contributed by atoms with Gasteiger partial charge in [0.05, 0.1) is 11.7 Å². The van der Waals surface area contributed by atoms with Gasteiger partial charge in [-0.15, -0.1) is 0 Å². The molecule has 2 N–H and O–H groups in total. The molecule has 1 fully saturated rings. The maximum absolute atomic E-state index is 12.2. The first-order chi connectivity index (χ1) is 11.5. The minimum absolute atomic E-state index is 0.403. The zero-order valence-corrected chi connectivity index (χ0v) is 13.9. The van der Waals surface area contributed by atoms with Gasteiger partial charge in [0.25, 0.3) is 5.56 Å². The van der Waals surface area contributed by atoms with Crippen molar-refractivity contribution in [1.29, 1.82) is 0 Å². The smallest absolute Gasteiger partial charge is 0.310 e. The van der Waals surface area contributed by atoms with Crippen molar-refractivity contribution < 1.29 is 9.90 Å². The summed E-state index contributed by atoms with van der Waals surface area (Å²) in [6.07, 6.45) is 9.29. The van der Waals surface area contributed by atoms with Crippen molar-refractivity contribution in [2.75, 3.05) is 0 Å². The van der Waals surface area contributed by atoms with Crippen molar-refractivity contribution in [3.8, 4) is 5.06 Å². The first-order valence-electron chi connectivity index (χ1n) is 7.70. The van der Waals surface area contributed by atoms with Crippen molar-refractivity contribution in [3.63, 3.8) is 0 Å². The lowest BCUT2D eigenvalue weighted by Gasteiger charge is -2.08. The molecule has 3 rings (SSSR count). The number of hydrogen-bond donors (Lipinski definition) is 2. The molecule has 1 aliphatic rings. The van der Waals surface area contributed by atoms with Crippen LogP contribution in [0.4, 0.5) is 0 Å². The molecular formula is C16H17N3O4S. The number of aryl methyl sites for hydroxylation is 1. The molecule has 2 heterocycles. The van der Waals surface area contributed by atoms with Gasteiger partial charge in [0.1, 0.15) is 5.56 Å². The zero-order chi connectivity index (χ0) is 17.3. The summed E-state index contributed by atoms with van der Waals surface area (Å²) >= 11 is 0.420. The number of carbonyl (C=O) groups excluding carboxylic acids is 1. The fraction of sp³-hybridized carbons (Fsp3) is 0.375. The first-order valence-corrected chi connectivity index (χ1v) is 8.52. The van der Waals surface area contributed by atoms with Crippen molar-refractivity contribution in [1.82, 2.24) is 14.8 Å². The van der Waals surface area contributed by atoms with E-state index in [1.165, 1.54) is 18.9 Å². The summed E-state index contributed by atoms with van der Waals surface area (Å²) in [7, 11) is 0. The van der Waals surface area contributed by atoms with Crippen molar-refractivity contribution in [2.24, 2.45) is 0 Å². The molecule has 1 aliphatic carbocycles. The number of nitrogens with zero attached hydrogens (tertiary/aromatic N) is 2. The third-order valence-electron chi connectivity index (χ3n) is 4.16. The van der Waals surface area contributed by atoms with Gasteiger partial charge in [-0.05, 0) is 43.3 Å². The molecule has 0 aromatic carbocycles. The highest BCUT2D eigenvalue weighted by Gasteiger charge is 2.19. The number of rotatable bonds is 4. The molecule has 0 radical (unpaired) electrons. The Balaban J connectivity index is 1.85. The quantitative estimate of drug-likeness (QED) is 0.650. The molecule has 2 aromatic rings. The molecule has 0 spiro atoms. The largest absolute Gasteiger partial charge is 0.499 e. The summed E-state index contributed by atoms with van der Waals surface area (Å²) in [5.74, 6) is -0.655. The number of aromatic hydroxyl groups is 1. The number of nitrogens with one attached hydrogen (secondary N) is 1. The Labute approximate surface area is 141 Å². The Morgan fingerprint density at radius 1 is 1.42 bits per heavy atom. The number of aromatic nitrogens is 3. The SMILES string of the molecule is Cc1nn(C2CCCC2)cc1C=CC(=O)c1c(O)sc(=O)[nH]c1=O. The van der Waals surface area contributed by atoms with E-state index in [9.17, 15) is 19.5 Å². The topological polar surface area (TPSA) is 105 Å². The number of hydrogen-bond acceptors (Lipinski definition) is 6. The number of carbonyl (C=O) groups is 1. The lowest BCUT2D eigenvalue weighted by Crippen LogP contribution is -2.22. The van der Waals surface area contributed by atoms with Crippen LogP contribution in [0.25, 0.3) is 6.08 Å². The van der Waals surface area contributed by atoms with Crippen LogP contribution in [0, 0.1) is 6.92 Å². The Kier molecular flexibility index (Phi) is 4.48. The van der Waals surface area contributed by atoms with E-state index < -0.39 is 26.8 Å². The molecule has 0 atom stereocenters. The second kappa shape index (κ2) is 6.56. The van der Waals surface area contributed by atoms with Crippen LogP contribution in [0.5, 0.6) is 5.06 Å².